The molecule has 0 aliphatic heterocycles. The Morgan fingerprint density at radius 1 is 1.37 bits per heavy atom. The van der Waals surface area contributed by atoms with Crippen molar-refractivity contribution in [2.24, 2.45) is 5.73 Å². The number of aliphatic hydroxyl groups excluding tert-OH is 1. The zero-order valence-corrected chi connectivity index (χ0v) is 11.1. The van der Waals surface area contributed by atoms with Gasteiger partial charge in [0.2, 0.25) is 5.91 Å². The Hall–Kier alpha value is -1.39. The SMILES string of the molecule is NC1(CC(=O)N[C@@H](CO)Cc2ccccc2)CCC1. The molecule has 0 unspecified atom stereocenters. The molecule has 4 nitrogen and oxygen atoms in total. The quantitative estimate of drug-likeness (QED) is 0.715. The van der Waals surface area contributed by atoms with E-state index in [-0.39, 0.29) is 24.1 Å². The normalized spacial score (nSPS) is 18.4. The van der Waals surface area contributed by atoms with Crippen LogP contribution in [-0.2, 0) is 11.2 Å². The van der Waals surface area contributed by atoms with E-state index in [9.17, 15) is 9.90 Å². The zero-order valence-electron chi connectivity index (χ0n) is 11.1. The fourth-order valence-electron chi connectivity index (χ4n) is 2.47. The number of hydrogen-bond acceptors (Lipinski definition) is 3. The van der Waals surface area contributed by atoms with E-state index in [1.54, 1.807) is 0 Å². The van der Waals surface area contributed by atoms with Crippen LogP contribution in [0, 0.1) is 0 Å². The predicted molar refractivity (Wildman–Crippen MR) is 74.5 cm³/mol. The molecule has 0 spiro atoms. The van der Waals surface area contributed by atoms with Gasteiger partial charge in [-0.25, -0.2) is 0 Å². The Bertz CT molecular complexity index is 415. The molecule has 2 rings (SSSR count). The van der Waals surface area contributed by atoms with Crippen LogP contribution in [0.25, 0.3) is 0 Å². The molecule has 4 N–H and O–H groups in total. The first kappa shape index (κ1) is 14.0. The number of carbonyl (C=O) groups is 1. The topological polar surface area (TPSA) is 75.4 Å². The van der Waals surface area contributed by atoms with Gasteiger partial charge in [-0.3, -0.25) is 4.79 Å². The van der Waals surface area contributed by atoms with Gasteiger partial charge in [-0.1, -0.05) is 30.3 Å². The summed E-state index contributed by atoms with van der Waals surface area (Å²) in [4.78, 5) is 11.9. The van der Waals surface area contributed by atoms with Gasteiger partial charge >= 0.3 is 0 Å². The van der Waals surface area contributed by atoms with Crippen molar-refractivity contribution >= 4 is 5.91 Å². The molecule has 1 fully saturated rings. The number of amides is 1. The van der Waals surface area contributed by atoms with Gasteiger partial charge in [0.25, 0.3) is 0 Å². The molecular formula is C15H22N2O2. The van der Waals surface area contributed by atoms with E-state index >= 15 is 0 Å². The van der Waals surface area contributed by atoms with Crippen LogP contribution in [0.2, 0.25) is 0 Å². The Balaban J connectivity index is 1.83. The molecule has 4 heteroatoms. The number of carbonyl (C=O) groups excluding carboxylic acids is 1. The molecule has 1 aliphatic rings. The summed E-state index contributed by atoms with van der Waals surface area (Å²) >= 11 is 0. The van der Waals surface area contributed by atoms with Gasteiger partial charge in [0.05, 0.1) is 12.6 Å². The van der Waals surface area contributed by atoms with E-state index in [2.05, 4.69) is 5.32 Å². The highest BCUT2D eigenvalue weighted by molar-refractivity contribution is 5.77. The molecule has 1 aliphatic carbocycles. The van der Waals surface area contributed by atoms with Crippen LogP contribution in [0.1, 0.15) is 31.2 Å². The smallest absolute Gasteiger partial charge is 0.222 e. The van der Waals surface area contributed by atoms with Crippen LogP contribution in [0.3, 0.4) is 0 Å². The Morgan fingerprint density at radius 2 is 2.05 bits per heavy atom. The third-order valence-corrected chi connectivity index (χ3v) is 3.77. The summed E-state index contributed by atoms with van der Waals surface area (Å²) in [6, 6.07) is 9.60. The third-order valence-electron chi connectivity index (χ3n) is 3.77. The van der Waals surface area contributed by atoms with Gasteiger partial charge in [-0.15, -0.1) is 0 Å². The number of benzene rings is 1. The van der Waals surface area contributed by atoms with Crippen molar-refractivity contribution in [3.63, 3.8) is 0 Å². The van der Waals surface area contributed by atoms with Crippen molar-refractivity contribution < 1.29 is 9.90 Å². The molecule has 0 bridgehead atoms. The van der Waals surface area contributed by atoms with E-state index in [4.69, 9.17) is 5.73 Å². The molecule has 0 heterocycles. The second-order valence-electron chi connectivity index (χ2n) is 5.53. The van der Waals surface area contributed by atoms with Crippen molar-refractivity contribution in [2.45, 2.75) is 43.7 Å². The monoisotopic (exact) mass is 262 g/mol. The van der Waals surface area contributed by atoms with Crippen molar-refractivity contribution in [2.75, 3.05) is 6.61 Å². The average molecular weight is 262 g/mol. The number of aliphatic hydroxyl groups is 1. The van der Waals surface area contributed by atoms with Crippen molar-refractivity contribution in [1.29, 1.82) is 0 Å². The van der Waals surface area contributed by atoms with E-state index in [1.807, 2.05) is 30.3 Å². The Kier molecular flexibility index (Phi) is 4.56. The summed E-state index contributed by atoms with van der Waals surface area (Å²) < 4.78 is 0. The Morgan fingerprint density at radius 3 is 2.58 bits per heavy atom. The van der Waals surface area contributed by atoms with Crippen LogP contribution in [-0.4, -0.2) is 29.2 Å². The molecule has 1 aromatic carbocycles. The lowest BCUT2D eigenvalue weighted by Gasteiger charge is -2.37. The van der Waals surface area contributed by atoms with Crippen molar-refractivity contribution in [3.05, 3.63) is 35.9 Å². The first-order chi connectivity index (χ1) is 9.11. The largest absolute Gasteiger partial charge is 0.394 e. The molecule has 1 amide bonds. The molecule has 104 valence electrons. The average Bonchev–Trinajstić information content (AvgIpc) is 2.37. The molecule has 0 aromatic heterocycles. The highest BCUT2D eigenvalue weighted by Crippen LogP contribution is 2.31. The fourth-order valence-corrected chi connectivity index (χ4v) is 2.47. The molecule has 0 saturated heterocycles. The van der Waals surface area contributed by atoms with Gasteiger partial charge < -0.3 is 16.2 Å². The van der Waals surface area contributed by atoms with Gasteiger partial charge in [0, 0.05) is 12.0 Å². The van der Waals surface area contributed by atoms with Crippen LogP contribution in [0.5, 0.6) is 0 Å². The first-order valence-corrected chi connectivity index (χ1v) is 6.84. The first-order valence-electron chi connectivity index (χ1n) is 6.84. The maximum absolute atomic E-state index is 11.9. The number of nitrogens with two attached hydrogens (primary N) is 1. The molecule has 19 heavy (non-hydrogen) atoms. The maximum atomic E-state index is 11.9. The van der Waals surface area contributed by atoms with Gasteiger partial charge in [0.15, 0.2) is 0 Å². The minimum absolute atomic E-state index is 0.0573. The molecule has 1 atom stereocenters. The summed E-state index contributed by atoms with van der Waals surface area (Å²) in [7, 11) is 0. The molecular weight excluding hydrogens is 240 g/mol. The standard InChI is InChI=1S/C15H22N2O2/c16-15(7-4-8-15)10-14(19)17-13(11-18)9-12-5-2-1-3-6-12/h1-3,5-6,13,18H,4,7-11,16H2,(H,17,19)/t13-/m1/s1. The molecule has 0 radical (unpaired) electrons. The van der Waals surface area contributed by atoms with Crippen LogP contribution < -0.4 is 11.1 Å². The minimum Gasteiger partial charge on any atom is -0.394 e. The summed E-state index contributed by atoms with van der Waals surface area (Å²) in [5, 5.41) is 12.2. The second kappa shape index (κ2) is 6.17. The predicted octanol–water partition coefficient (Wildman–Crippen LogP) is 0.978. The zero-order chi connectivity index (χ0) is 13.7. The van der Waals surface area contributed by atoms with Crippen LogP contribution in [0.4, 0.5) is 0 Å². The van der Waals surface area contributed by atoms with Crippen LogP contribution >= 0.6 is 0 Å². The van der Waals surface area contributed by atoms with Crippen molar-refractivity contribution in [3.8, 4) is 0 Å². The summed E-state index contributed by atoms with van der Waals surface area (Å²) in [6.07, 6.45) is 3.95. The highest BCUT2D eigenvalue weighted by atomic mass is 16.3. The van der Waals surface area contributed by atoms with E-state index in [0.29, 0.717) is 12.8 Å². The highest BCUT2D eigenvalue weighted by Gasteiger charge is 2.34. The lowest BCUT2D eigenvalue weighted by atomic mass is 9.75. The lowest BCUT2D eigenvalue weighted by Crippen LogP contribution is -2.51. The fraction of sp³-hybridized carbons (Fsp3) is 0.533. The third kappa shape index (κ3) is 4.04. The molecule has 1 aromatic rings. The van der Waals surface area contributed by atoms with Crippen LogP contribution in [0.15, 0.2) is 30.3 Å². The molecule has 1 saturated carbocycles. The maximum Gasteiger partial charge on any atom is 0.222 e. The summed E-state index contributed by atoms with van der Waals surface area (Å²) in [5.74, 6) is -0.0582. The van der Waals surface area contributed by atoms with E-state index in [1.165, 1.54) is 0 Å². The summed E-state index contributed by atoms with van der Waals surface area (Å²) in [6.45, 7) is -0.0573. The minimum atomic E-state index is -0.309. The number of rotatable bonds is 6. The number of hydrogen-bond donors (Lipinski definition) is 3. The number of nitrogens with one attached hydrogen (secondary N) is 1. The van der Waals surface area contributed by atoms with E-state index < -0.39 is 0 Å². The Labute approximate surface area is 114 Å². The van der Waals surface area contributed by atoms with Gasteiger partial charge in [-0.05, 0) is 31.2 Å². The lowest BCUT2D eigenvalue weighted by molar-refractivity contribution is -0.124. The van der Waals surface area contributed by atoms with Crippen molar-refractivity contribution in [1.82, 2.24) is 5.32 Å². The van der Waals surface area contributed by atoms with Gasteiger partial charge in [-0.2, -0.15) is 0 Å². The van der Waals surface area contributed by atoms with E-state index in [0.717, 1.165) is 24.8 Å². The summed E-state index contributed by atoms with van der Waals surface area (Å²) in [5.41, 5.74) is 6.85. The van der Waals surface area contributed by atoms with Gasteiger partial charge in [0.1, 0.15) is 0 Å². The second-order valence-corrected chi connectivity index (χ2v) is 5.53.